The number of rotatable bonds is 13. The second-order valence-electron chi connectivity index (χ2n) is 11.3. The Bertz CT molecular complexity index is 1860. The number of halogens is 2. The van der Waals surface area contributed by atoms with E-state index in [1.807, 2.05) is 24.4 Å². The quantitative estimate of drug-likeness (QED) is 0.102. The molecule has 236 valence electrons. The summed E-state index contributed by atoms with van der Waals surface area (Å²) in [7, 11) is 1.69. The molecular formula is C35H33F2N5O3S. The van der Waals surface area contributed by atoms with E-state index >= 15 is 4.39 Å². The van der Waals surface area contributed by atoms with E-state index in [1.165, 1.54) is 30.3 Å². The van der Waals surface area contributed by atoms with Gasteiger partial charge in [-0.25, -0.2) is 8.78 Å². The van der Waals surface area contributed by atoms with Crippen molar-refractivity contribution in [3.8, 4) is 10.6 Å². The number of carbonyl (C=O) groups is 2. The summed E-state index contributed by atoms with van der Waals surface area (Å²) in [6.07, 6.45) is 5.58. The Hall–Kier alpha value is -4.58. The third-order valence-electron chi connectivity index (χ3n) is 8.06. The molecule has 0 radical (unpaired) electrons. The Morgan fingerprint density at radius 2 is 1.65 bits per heavy atom. The molecule has 0 bridgehead atoms. The predicted molar refractivity (Wildman–Crippen MR) is 176 cm³/mol. The van der Waals surface area contributed by atoms with Gasteiger partial charge in [-0.15, -0.1) is 11.3 Å². The molecule has 3 aromatic heterocycles. The molecule has 5 aromatic rings. The van der Waals surface area contributed by atoms with Gasteiger partial charge in [0.25, 0.3) is 0 Å². The van der Waals surface area contributed by atoms with Crippen molar-refractivity contribution in [2.24, 2.45) is 5.41 Å². The van der Waals surface area contributed by atoms with Gasteiger partial charge in [-0.1, -0.05) is 12.1 Å². The molecule has 6 rings (SSSR count). The Balaban J connectivity index is 1.10. The van der Waals surface area contributed by atoms with Crippen molar-refractivity contribution in [1.82, 2.24) is 15.3 Å². The number of nitrogens with zero attached hydrogens (tertiary/aromatic N) is 2. The molecule has 3 N–H and O–H groups in total. The largest absolute Gasteiger partial charge is 0.383 e. The molecule has 0 aliphatic heterocycles. The van der Waals surface area contributed by atoms with Crippen LogP contribution in [-0.2, 0) is 27.2 Å². The molecule has 1 aliphatic carbocycles. The normalized spacial score (nSPS) is 13.5. The summed E-state index contributed by atoms with van der Waals surface area (Å²) in [5.74, 6) is -1.86. The van der Waals surface area contributed by atoms with E-state index in [1.54, 1.807) is 36.8 Å². The standard InChI is InChI=1S/C35H33F2N5O3S/c1-45-17-16-38-14-10-22-2-9-29(40-21-22)31-20-30-32(46-31)24(11-15-39-30)18-23-3-6-27(19-28(23)37)42-34(44)35(12-13-35)33(43)41-26-7-4-25(36)5-8-26/h2-9,11,15,19-21,38H,10,12-14,16-18H2,1H3,(H,41,43)(H,42,44). The highest BCUT2D eigenvalue weighted by Crippen LogP contribution is 2.47. The van der Waals surface area contributed by atoms with Crippen LogP contribution in [0, 0.1) is 17.0 Å². The zero-order chi connectivity index (χ0) is 32.1. The van der Waals surface area contributed by atoms with E-state index in [2.05, 4.69) is 32.0 Å². The van der Waals surface area contributed by atoms with E-state index < -0.39 is 28.9 Å². The van der Waals surface area contributed by atoms with Crippen molar-refractivity contribution in [1.29, 1.82) is 0 Å². The minimum absolute atomic E-state index is 0.269. The van der Waals surface area contributed by atoms with Crippen LogP contribution in [0.2, 0.25) is 0 Å². The van der Waals surface area contributed by atoms with Crippen LogP contribution < -0.4 is 16.0 Å². The van der Waals surface area contributed by atoms with E-state index in [0.29, 0.717) is 37.1 Å². The molecule has 46 heavy (non-hydrogen) atoms. The maximum Gasteiger partial charge on any atom is 0.240 e. The number of thiophene rings is 1. The van der Waals surface area contributed by atoms with Crippen LogP contribution in [0.1, 0.15) is 29.5 Å². The summed E-state index contributed by atoms with van der Waals surface area (Å²) in [5, 5.41) is 8.71. The summed E-state index contributed by atoms with van der Waals surface area (Å²) in [6.45, 7) is 2.34. The van der Waals surface area contributed by atoms with Crippen LogP contribution >= 0.6 is 11.3 Å². The van der Waals surface area contributed by atoms with Crippen LogP contribution in [0.25, 0.3) is 20.8 Å². The molecule has 0 unspecified atom stereocenters. The summed E-state index contributed by atoms with van der Waals surface area (Å²) in [5.41, 5.74) is 3.66. The number of pyridine rings is 2. The van der Waals surface area contributed by atoms with E-state index in [0.717, 1.165) is 51.4 Å². The predicted octanol–water partition coefficient (Wildman–Crippen LogP) is 6.36. The number of nitrogens with one attached hydrogen (secondary N) is 3. The first kappa shape index (κ1) is 31.4. The van der Waals surface area contributed by atoms with Crippen molar-refractivity contribution in [2.45, 2.75) is 25.7 Å². The third-order valence-corrected chi connectivity index (χ3v) is 9.28. The monoisotopic (exact) mass is 641 g/mol. The zero-order valence-electron chi connectivity index (χ0n) is 25.2. The van der Waals surface area contributed by atoms with E-state index in [4.69, 9.17) is 4.74 Å². The van der Waals surface area contributed by atoms with Crippen molar-refractivity contribution >= 4 is 44.7 Å². The molecular weight excluding hydrogens is 608 g/mol. The van der Waals surface area contributed by atoms with Gasteiger partial charge >= 0.3 is 0 Å². The minimum Gasteiger partial charge on any atom is -0.383 e. The summed E-state index contributed by atoms with van der Waals surface area (Å²) in [4.78, 5) is 36.1. The fourth-order valence-corrected chi connectivity index (χ4v) is 6.30. The Morgan fingerprint density at radius 3 is 2.35 bits per heavy atom. The number of amides is 2. The van der Waals surface area contributed by atoms with Crippen molar-refractivity contribution in [3.05, 3.63) is 107 Å². The van der Waals surface area contributed by atoms with Crippen molar-refractivity contribution in [2.75, 3.05) is 37.4 Å². The molecule has 1 aliphatic rings. The molecule has 1 fully saturated rings. The lowest BCUT2D eigenvalue weighted by Gasteiger charge is -2.16. The van der Waals surface area contributed by atoms with Gasteiger partial charge in [0, 0.05) is 43.8 Å². The highest BCUT2D eigenvalue weighted by molar-refractivity contribution is 7.22. The first-order valence-corrected chi connectivity index (χ1v) is 15.9. The van der Waals surface area contributed by atoms with Crippen LogP contribution in [0.15, 0.2) is 79.1 Å². The van der Waals surface area contributed by atoms with Crippen LogP contribution in [0.4, 0.5) is 20.2 Å². The Labute approximate surface area is 269 Å². The SMILES string of the molecule is COCCNCCc1ccc(-c2cc3nccc(Cc4ccc(NC(=O)C5(C(=O)Nc6ccc(F)cc6)CC5)cc4F)c3s2)nc1. The number of hydrogen-bond acceptors (Lipinski definition) is 7. The maximum atomic E-state index is 15.3. The van der Waals surface area contributed by atoms with Crippen LogP contribution in [-0.4, -0.2) is 48.6 Å². The molecule has 0 spiro atoms. The molecule has 3 heterocycles. The summed E-state index contributed by atoms with van der Waals surface area (Å²) >= 11 is 1.57. The van der Waals surface area contributed by atoms with Crippen LogP contribution in [0.3, 0.4) is 0 Å². The second-order valence-corrected chi connectivity index (χ2v) is 12.4. The second kappa shape index (κ2) is 13.8. The highest BCUT2D eigenvalue weighted by atomic mass is 32.1. The molecule has 2 aromatic carbocycles. The van der Waals surface area contributed by atoms with E-state index in [-0.39, 0.29) is 5.69 Å². The van der Waals surface area contributed by atoms with Gasteiger partial charge in [0.1, 0.15) is 17.0 Å². The number of fused-ring (bicyclic) bond motifs is 1. The van der Waals surface area contributed by atoms with Gasteiger partial charge in [0.15, 0.2) is 0 Å². The molecule has 2 amide bonds. The molecule has 11 heteroatoms. The Kier molecular flexibility index (Phi) is 9.43. The van der Waals surface area contributed by atoms with Crippen molar-refractivity contribution < 1.29 is 23.1 Å². The fraction of sp³-hybridized carbons (Fsp3) is 0.257. The number of anilines is 2. The van der Waals surface area contributed by atoms with Gasteiger partial charge < -0.3 is 20.7 Å². The molecule has 0 atom stereocenters. The number of carbonyl (C=O) groups excluding carboxylic acids is 2. The van der Waals surface area contributed by atoms with E-state index in [9.17, 15) is 14.0 Å². The first-order valence-electron chi connectivity index (χ1n) is 15.0. The highest BCUT2D eigenvalue weighted by Gasteiger charge is 2.56. The smallest absolute Gasteiger partial charge is 0.240 e. The zero-order valence-corrected chi connectivity index (χ0v) is 26.1. The van der Waals surface area contributed by atoms with Gasteiger partial charge in [-0.2, -0.15) is 0 Å². The summed E-state index contributed by atoms with van der Waals surface area (Å²) < 4.78 is 34.6. The molecule has 8 nitrogen and oxygen atoms in total. The topological polar surface area (TPSA) is 105 Å². The lowest BCUT2D eigenvalue weighted by atomic mass is 10.0. The minimum atomic E-state index is -1.24. The van der Waals surface area contributed by atoms with Crippen LogP contribution in [0.5, 0.6) is 0 Å². The average molecular weight is 642 g/mol. The number of aromatic nitrogens is 2. The first-order chi connectivity index (χ1) is 22.3. The van der Waals surface area contributed by atoms with Gasteiger partial charge in [-0.05, 0) is 97.1 Å². The summed E-state index contributed by atoms with van der Waals surface area (Å²) in [6, 6.07) is 17.9. The number of methoxy groups -OCH3 is 1. The maximum absolute atomic E-state index is 15.3. The fourth-order valence-electron chi connectivity index (χ4n) is 5.20. The lowest BCUT2D eigenvalue weighted by molar-refractivity contribution is -0.131. The number of benzene rings is 2. The van der Waals surface area contributed by atoms with Gasteiger partial charge in [0.05, 0.1) is 27.4 Å². The Morgan fingerprint density at radius 1 is 0.891 bits per heavy atom. The third kappa shape index (κ3) is 7.12. The number of ether oxygens (including phenoxy) is 1. The van der Waals surface area contributed by atoms with Gasteiger partial charge in [0.2, 0.25) is 11.8 Å². The van der Waals surface area contributed by atoms with Gasteiger partial charge in [-0.3, -0.25) is 19.6 Å². The lowest BCUT2D eigenvalue weighted by Crippen LogP contribution is -2.35. The molecule has 0 saturated heterocycles. The molecule has 1 saturated carbocycles. The van der Waals surface area contributed by atoms with Crippen molar-refractivity contribution in [3.63, 3.8) is 0 Å². The average Bonchev–Trinajstić information content (AvgIpc) is 3.76. The number of hydrogen-bond donors (Lipinski definition) is 3.